The maximum atomic E-state index is 11.9. The van der Waals surface area contributed by atoms with Crippen LogP contribution in [0.3, 0.4) is 0 Å². The molecule has 0 aliphatic rings. The third-order valence-electron chi connectivity index (χ3n) is 3.60. The van der Waals surface area contributed by atoms with Crippen LogP contribution >= 0.6 is 0 Å². The molecule has 0 spiro atoms. The van der Waals surface area contributed by atoms with Crippen LogP contribution in [0, 0.1) is 17.0 Å². The van der Waals surface area contributed by atoms with Crippen LogP contribution in [0.5, 0.6) is 5.95 Å². The average Bonchev–Trinajstić information content (AvgIpc) is 3.29. The Morgan fingerprint density at radius 1 is 1.43 bits per heavy atom. The lowest BCUT2D eigenvalue weighted by molar-refractivity contribution is -0.384. The Morgan fingerprint density at radius 2 is 2.18 bits per heavy atom. The number of ether oxygens (including phenoxy) is 1. The minimum Gasteiger partial charge on any atom is -0.464 e. The fourth-order valence-electron chi connectivity index (χ4n) is 2.24. The molecule has 0 unspecified atom stereocenters. The summed E-state index contributed by atoms with van der Waals surface area (Å²) >= 11 is 0. The number of hydrogen-bond acceptors (Lipinski definition) is 8. The number of non-ortho nitro benzene ring substituents is 1. The van der Waals surface area contributed by atoms with E-state index in [1.54, 1.807) is 36.9 Å². The number of hydrazone groups is 1. The largest absolute Gasteiger partial charge is 0.464 e. The van der Waals surface area contributed by atoms with Crippen molar-refractivity contribution in [3.05, 3.63) is 63.9 Å². The van der Waals surface area contributed by atoms with Crippen molar-refractivity contribution in [2.45, 2.75) is 13.8 Å². The monoisotopic (exact) mass is 384 g/mol. The highest BCUT2D eigenvalue weighted by atomic mass is 16.6. The number of carbonyl (C=O) groups is 1. The molecule has 2 aromatic heterocycles. The first-order chi connectivity index (χ1) is 13.5. The zero-order valence-corrected chi connectivity index (χ0v) is 15.0. The summed E-state index contributed by atoms with van der Waals surface area (Å²) < 4.78 is 11.8. The van der Waals surface area contributed by atoms with Crippen LogP contribution in [0.2, 0.25) is 0 Å². The molecular weight excluding hydrogens is 368 g/mol. The fraction of sp³-hybridized carbons (Fsp3) is 0.176. The maximum absolute atomic E-state index is 11.9. The van der Waals surface area contributed by atoms with Crippen LogP contribution < -0.4 is 10.2 Å². The van der Waals surface area contributed by atoms with Crippen molar-refractivity contribution in [2.24, 2.45) is 5.10 Å². The zero-order chi connectivity index (χ0) is 20.1. The summed E-state index contributed by atoms with van der Waals surface area (Å²) in [7, 11) is 0. The summed E-state index contributed by atoms with van der Waals surface area (Å²) in [5.41, 5.74) is 4.27. The van der Waals surface area contributed by atoms with E-state index < -0.39 is 10.8 Å². The van der Waals surface area contributed by atoms with E-state index in [2.05, 4.69) is 20.6 Å². The van der Waals surface area contributed by atoms with Gasteiger partial charge in [-0.15, -0.1) is 0 Å². The minimum atomic E-state index is -0.623. The molecule has 0 atom stereocenters. The van der Waals surface area contributed by atoms with Crippen LogP contribution in [0.15, 0.2) is 46.2 Å². The number of nitrogens with zero attached hydrogens (tertiary/aromatic N) is 5. The van der Waals surface area contributed by atoms with Gasteiger partial charge in [-0.3, -0.25) is 14.9 Å². The molecule has 0 fully saturated rings. The summed E-state index contributed by atoms with van der Waals surface area (Å²) in [4.78, 5) is 26.0. The van der Waals surface area contributed by atoms with Gasteiger partial charge >= 0.3 is 11.9 Å². The first-order valence-corrected chi connectivity index (χ1v) is 8.21. The molecular formula is C17H16N6O5. The molecule has 3 rings (SSSR count). The molecule has 2 heterocycles. The number of nitro benzene ring substituents is 1. The van der Waals surface area contributed by atoms with Crippen molar-refractivity contribution in [2.75, 3.05) is 6.61 Å². The van der Waals surface area contributed by atoms with E-state index >= 15 is 0 Å². The highest BCUT2D eigenvalue weighted by Gasteiger charge is 2.13. The molecule has 1 aromatic carbocycles. The summed E-state index contributed by atoms with van der Waals surface area (Å²) in [6, 6.07) is 5.97. The van der Waals surface area contributed by atoms with Gasteiger partial charge in [0.25, 0.3) is 11.6 Å². The molecule has 144 valence electrons. The molecule has 0 bridgehead atoms. The van der Waals surface area contributed by atoms with Crippen LogP contribution in [0.1, 0.15) is 28.9 Å². The Labute approximate surface area is 158 Å². The van der Waals surface area contributed by atoms with Crippen molar-refractivity contribution in [3.63, 3.8) is 0 Å². The summed E-state index contributed by atoms with van der Waals surface area (Å²) in [6.45, 7) is 3.95. The predicted octanol–water partition coefficient (Wildman–Crippen LogP) is 2.24. The van der Waals surface area contributed by atoms with Gasteiger partial charge in [0, 0.05) is 23.9 Å². The number of amides is 1. The molecule has 11 heteroatoms. The molecule has 0 radical (unpaired) electrons. The molecule has 1 N–H and O–H groups in total. The third-order valence-corrected chi connectivity index (χ3v) is 3.60. The number of carbonyl (C=O) groups excluding carboxylic acids is 1. The van der Waals surface area contributed by atoms with Gasteiger partial charge in [-0.05, 0) is 26.0 Å². The topological polar surface area (TPSA) is 138 Å². The number of benzene rings is 1. The lowest BCUT2D eigenvalue weighted by Crippen LogP contribution is -2.17. The highest BCUT2D eigenvalue weighted by Crippen LogP contribution is 2.16. The number of nitrogens with one attached hydrogen (secondary N) is 1. The summed E-state index contributed by atoms with van der Waals surface area (Å²) in [5.74, 6) is -0.640. The van der Waals surface area contributed by atoms with E-state index in [1.165, 1.54) is 24.5 Å². The number of oxazole rings is 1. The van der Waals surface area contributed by atoms with E-state index in [4.69, 9.17) is 9.15 Å². The summed E-state index contributed by atoms with van der Waals surface area (Å²) in [6.07, 6.45) is 4.42. The Hall–Kier alpha value is -4.02. The number of aryl methyl sites for hydroxylation is 1. The van der Waals surface area contributed by atoms with Crippen molar-refractivity contribution in [3.8, 4) is 11.6 Å². The van der Waals surface area contributed by atoms with E-state index in [-0.39, 0.29) is 17.5 Å². The first kappa shape index (κ1) is 18.8. The van der Waals surface area contributed by atoms with Crippen LogP contribution in [0.25, 0.3) is 5.69 Å². The highest BCUT2D eigenvalue weighted by molar-refractivity contribution is 5.90. The lowest BCUT2D eigenvalue weighted by Gasteiger charge is -1.99. The zero-order valence-electron chi connectivity index (χ0n) is 15.0. The average molecular weight is 384 g/mol. The van der Waals surface area contributed by atoms with Gasteiger partial charge < -0.3 is 9.15 Å². The minimum absolute atomic E-state index is 0.00356. The second kappa shape index (κ2) is 8.12. The Kier molecular flexibility index (Phi) is 5.44. The van der Waals surface area contributed by atoms with Gasteiger partial charge in [-0.1, -0.05) is 0 Å². The number of nitro groups is 1. The number of aromatic nitrogens is 3. The Morgan fingerprint density at radius 3 is 2.86 bits per heavy atom. The van der Waals surface area contributed by atoms with E-state index in [9.17, 15) is 14.9 Å². The SMILES string of the molecule is CCOc1cnc(C(=O)N/N=C\c2cn(-c3ccc([N+](=O)[O-])cc3)nc2C)o1. The van der Waals surface area contributed by atoms with Gasteiger partial charge in [-0.25, -0.2) is 15.1 Å². The molecule has 3 aromatic rings. The molecule has 0 aliphatic heterocycles. The Balaban J connectivity index is 1.67. The second-order valence-corrected chi connectivity index (χ2v) is 5.50. The van der Waals surface area contributed by atoms with Crippen molar-refractivity contribution in [1.82, 2.24) is 20.2 Å². The maximum Gasteiger partial charge on any atom is 0.327 e. The van der Waals surface area contributed by atoms with E-state index in [0.717, 1.165) is 0 Å². The fourth-order valence-corrected chi connectivity index (χ4v) is 2.24. The van der Waals surface area contributed by atoms with Crippen LogP contribution in [-0.2, 0) is 0 Å². The van der Waals surface area contributed by atoms with Crippen molar-refractivity contribution in [1.29, 1.82) is 0 Å². The standard InChI is InChI=1S/C17H16N6O5/c1-3-27-15-9-18-17(28-15)16(24)20-19-8-12-10-22(21-11(12)2)13-4-6-14(7-5-13)23(25)26/h4-10H,3H2,1-2H3,(H,20,24)/b19-8-. The Bertz CT molecular complexity index is 1020. The smallest absolute Gasteiger partial charge is 0.327 e. The predicted molar refractivity (Wildman–Crippen MR) is 97.7 cm³/mol. The first-order valence-electron chi connectivity index (χ1n) is 8.21. The number of rotatable bonds is 7. The van der Waals surface area contributed by atoms with Crippen LogP contribution in [0.4, 0.5) is 5.69 Å². The molecule has 0 saturated heterocycles. The molecule has 0 aliphatic carbocycles. The summed E-state index contributed by atoms with van der Waals surface area (Å²) in [5, 5.41) is 18.9. The third kappa shape index (κ3) is 4.20. The van der Waals surface area contributed by atoms with Gasteiger partial charge in [0.05, 0.1) is 29.1 Å². The van der Waals surface area contributed by atoms with Gasteiger partial charge in [-0.2, -0.15) is 10.2 Å². The molecule has 11 nitrogen and oxygen atoms in total. The van der Waals surface area contributed by atoms with Crippen molar-refractivity contribution >= 4 is 17.8 Å². The van der Waals surface area contributed by atoms with E-state index in [0.29, 0.717) is 23.6 Å². The number of hydrogen-bond donors (Lipinski definition) is 1. The second-order valence-electron chi connectivity index (χ2n) is 5.50. The van der Waals surface area contributed by atoms with E-state index in [1.807, 2.05) is 0 Å². The molecule has 0 saturated carbocycles. The van der Waals surface area contributed by atoms with Crippen molar-refractivity contribution < 1.29 is 18.9 Å². The van der Waals surface area contributed by atoms with Gasteiger partial charge in [0.15, 0.2) is 0 Å². The van der Waals surface area contributed by atoms with Gasteiger partial charge in [0.1, 0.15) is 6.20 Å². The molecule has 1 amide bonds. The quantitative estimate of drug-likeness (QED) is 0.374. The normalized spacial score (nSPS) is 10.9. The molecule has 28 heavy (non-hydrogen) atoms. The lowest BCUT2D eigenvalue weighted by atomic mass is 10.3. The van der Waals surface area contributed by atoms with Crippen LogP contribution in [-0.4, -0.2) is 38.4 Å². The van der Waals surface area contributed by atoms with Gasteiger partial charge in [0.2, 0.25) is 0 Å².